The van der Waals surface area contributed by atoms with Gasteiger partial charge in [0.2, 0.25) is 0 Å². The minimum absolute atomic E-state index is 0.713. The fraction of sp³-hybridized carbons (Fsp3) is 0.583. The predicted molar refractivity (Wildman–Crippen MR) is 71.4 cm³/mol. The van der Waals surface area contributed by atoms with Crippen LogP contribution in [0.15, 0.2) is 22.8 Å². The van der Waals surface area contributed by atoms with Crippen molar-refractivity contribution in [1.82, 2.24) is 15.6 Å². The van der Waals surface area contributed by atoms with E-state index < -0.39 is 0 Å². The predicted octanol–water partition coefficient (Wildman–Crippen LogP) is 2.18. The first kappa shape index (κ1) is 13.6. The van der Waals surface area contributed by atoms with Gasteiger partial charge in [0.15, 0.2) is 0 Å². The average Bonchev–Trinajstić information content (AvgIpc) is 2.25. The number of hydrogen-bond donors (Lipinski definition) is 2. The molecule has 0 spiro atoms. The molecule has 1 aromatic rings. The van der Waals surface area contributed by atoms with Crippen LogP contribution < -0.4 is 10.6 Å². The highest BCUT2D eigenvalue weighted by molar-refractivity contribution is 9.10. The Kier molecular flexibility index (Phi) is 6.61. The fourth-order valence-corrected chi connectivity index (χ4v) is 1.72. The molecule has 0 bridgehead atoms. The van der Waals surface area contributed by atoms with Crippen molar-refractivity contribution in [2.45, 2.75) is 20.4 Å². The molecule has 0 unspecified atom stereocenters. The normalized spacial score (nSPS) is 11.0. The van der Waals surface area contributed by atoms with Gasteiger partial charge in [-0.25, -0.2) is 0 Å². The van der Waals surface area contributed by atoms with Crippen LogP contribution in [0, 0.1) is 5.92 Å². The van der Waals surface area contributed by atoms with Crippen molar-refractivity contribution in [3.05, 3.63) is 28.5 Å². The zero-order valence-electron chi connectivity index (χ0n) is 9.96. The van der Waals surface area contributed by atoms with Crippen LogP contribution in [0.3, 0.4) is 0 Å². The summed E-state index contributed by atoms with van der Waals surface area (Å²) in [6.45, 7) is 8.29. The molecule has 1 heterocycles. The number of nitrogens with one attached hydrogen (secondary N) is 2. The van der Waals surface area contributed by atoms with Gasteiger partial charge in [-0.1, -0.05) is 13.8 Å². The topological polar surface area (TPSA) is 37.0 Å². The van der Waals surface area contributed by atoms with Crippen LogP contribution in [0.1, 0.15) is 19.5 Å². The van der Waals surface area contributed by atoms with Gasteiger partial charge in [-0.05, 0) is 40.5 Å². The van der Waals surface area contributed by atoms with Gasteiger partial charge in [0.25, 0.3) is 0 Å². The molecular formula is C12H20BrN3. The lowest BCUT2D eigenvalue weighted by atomic mass is 10.2. The number of aromatic nitrogens is 1. The maximum atomic E-state index is 4.29. The fourth-order valence-electron chi connectivity index (χ4n) is 1.32. The molecule has 4 heteroatoms. The van der Waals surface area contributed by atoms with Crippen molar-refractivity contribution >= 4 is 15.9 Å². The molecule has 1 rings (SSSR count). The Labute approximate surface area is 106 Å². The van der Waals surface area contributed by atoms with Crippen molar-refractivity contribution in [2.75, 3.05) is 19.6 Å². The van der Waals surface area contributed by atoms with Crippen molar-refractivity contribution in [3.8, 4) is 0 Å². The Bertz CT molecular complexity index is 302. The first-order valence-corrected chi connectivity index (χ1v) is 6.50. The maximum Gasteiger partial charge on any atom is 0.0683 e. The van der Waals surface area contributed by atoms with Crippen LogP contribution >= 0.6 is 15.9 Å². The van der Waals surface area contributed by atoms with Crippen LogP contribution in [0.5, 0.6) is 0 Å². The first-order valence-electron chi connectivity index (χ1n) is 5.71. The molecule has 0 saturated heterocycles. The molecule has 16 heavy (non-hydrogen) atoms. The summed E-state index contributed by atoms with van der Waals surface area (Å²) < 4.78 is 1.07. The summed E-state index contributed by atoms with van der Waals surface area (Å²) in [6.07, 6.45) is 1.82. The number of pyridine rings is 1. The molecule has 0 aliphatic heterocycles. The molecule has 0 atom stereocenters. The minimum Gasteiger partial charge on any atom is -0.315 e. The zero-order valence-corrected chi connectivity index (χ0v) is 11.5. The molecule has 0 amide bonds. The molecular weight excluding hydrogens is 266 g/mol. The van der Waals surface area contributed by atoms with Crippen molar-refractivity contribution in [1.29, 1.82) is 0 Å². The van der Waals surface area contributed by atoms with E-state index >= 15 is 0 Å². The van der Waals surface area contributed by atoms with Gasteiger partial charge >= 0.3 is 0 Å². The number of hydrogen-bond acceptors (Lipinski definition) is 3. The lowest BCUT2D eigenvalue weighted by Gasteiger charge is -2.08. The Morgan fingerprint density at radius 2 is 2.06 bits per heavy atom. The molecule has 0 radical (unpaired) electrons. The molecule has 90 valence electrons. The van der Waals surface area contributed by atoms with Gasteiger partial charge in [-0.2, -0.15) is 0 Å². The monoisotopic (exact) mass is 285 g/mol. The summed E-state index contributed by atoms with van der Waals surface area (Å²) in [5.41, 5.74) is 1.06. The summed E-state index contributed by atoms with van der Waals surface area (Å²) in [5.74, 6) is 0.713. The molecule has 2 N–H and O–H groups in total. The van der Waals surface area contributed by atoms with Crippen molar-refractivity contribution in [2.24, 2.45) is 5.92 Å². The Morgan fingerprint density at radius 1 is 1.31 bits per heavy atom. The molecule has 1 aromatic heterocycles. The third-order valence-corrected chi connectivity index (χ3v) is 2.88. The first-order chi connectivity index (χ1) is 7.70. The molecule has 0 aromatic carbocycles. The Morgan fingerprint density at radius 3 is 2.75 bits per heavy atom. The lowest BCUT2D eigenvalue weighted by molar-refractivity contribution is 0.534. The van der Waals surface area contributed by atoms with Crippen LogP contribution in [-0.2, 0) is 6.54 Å². The summed E-state index contributed by atoms with van der Waals surface area (Å²) >= 11 is 3.48. The van der Waals surface area contributed by atoms with Gasteiger partial charge in [0, 0.05) is 30.3 Å². The Balaban J connectivity index is 2.10. The van der Waals surface area contributed by atoms with E-state index in [0.29, 0.717) is 5.92 Å². The maximum absolute atomic E-state index is 4.29. The van der Waals surface area contributed by atoms with Crippen molar-refractivity contribution < 1.29 is 0 Å². The quantitative estimate of drug-likeness (QED) is 0.754. The van der Waals surface area contributed by atoms with Crippen LogP contribution in [0.4, 0.5) is 0 Å². The summed E-state index contributed by atoms with van der Waals surface area (Å²) in [7, 11) is 0. The van der Waals surface area contributed by atoms with Crippen molar-refractivity contribution in [3.63, 3.8) is 0 Å². The van der Waals surface area contributed by atoms with E-state index in [1.54, 1.807) is 0 Å². The largest absolute Gasteiger partial charge is 0.315 e. The summed E-state index contributed by atoms with van der Waals surface area (Å²) in [6, 6.07) is 3.94. The molecule has 0 saturated carbocycles. The average molecular weight is 286 g/mol. The van der Waals surface area contributed by atoms with Crippen LogP contribution in [0.2, 0.25) is 0 Å². The zero-order chi connectivity index (χ0) is 11.8. The van der Waals surface area contributed by atoms with Crippen LogP contribution in [-0.4, -0.2) is 24.6 Å². The Hall–Kier alpha value is -0.450. The van der Waals surface area contributed by atoms with E-state index in [1.165, 1.54) is 0 Å². The van der Waals surface area contributed by atoms with E-state index in [1.807, 2.05) is 18.3 Å². The molecule has 0 fully saturated rings. The lowest BCUT2D eigenvalue weighted by Crippen LogP contribution is -2.29. The third kappa shape index (κ3) is 5.58. The van der Waals surface area contributed by atoms with E-state index in [0.717, 1.165) is 36.3 Å². The molecule has 0 aliphatic carbocycles. The second kappa shape index (κ2) is 7.76. The molecule has 0 aliphatic rings. The number of rotatable bonds is 7. The smallest absolute Gasteiger partial charge is 0.0683 e. The molecule has 3 nitrogen and oxygen atoms in total. The van der Waals surface area contributed by atoms with Crippen LogP contribution in [0.25, 0.3) is 0 Å². The second-order valence-electron chi connectivity index (χ2n) is 4.21. The van der Waals surface area contributed by atoms with E-state index in [2.05, 4.69) is 45.4 Å². The number of nitrogens with zero attached hydrogens (tertiary/aromatic N) is 1. The highest BCUT2D eigenvalue weighted by Crippen LogP contribution is 2.12. The highest BCUT2D eigenvalue weighted by Gasteiger charge is 1.98. The SMILES string of the molecule is CC(C)CNCCNCc1ncccc1Br. The second-order valence-corrected chi connectivity index (χ2v) is 5.06. The summed E-state index contributed by atoms with van der Waals surface area (Å²) in [5, 5.41) is 6.75. The third-order valence-electron chi connectivity index (χ3n) is 2.16. The minimum atomic E-state index is 0.713. The van der Waals surface area contributed by atoms with E-state index in [-0.39, 0.29) is 0 Å². The van der Waals surface area contributed by atoms with Gasteiger partial charge in [0.05, 0.1) is 5.69 Å². The van der Waals surface area contributed by atoms with Gasteiger partial charge in [0.1, 0.15) is 0 Å². The van der Waals surface area contributed by atoms with E-state index in [9.17, 15) is 0 Å². The van der Waals surface area contributed by atoms with Gasteiger partial charge < -0.3 is 10.6 Å². The summed E-state index contributed by atoms with van der Waals surface area (Å²) in [4.78, 5) is 4.29. The standard InChI is InChI=1S/C12H20BrN3/c1-10(2)8-14-6-7-15-9-12-11(13)4-3-5-16-12/h3-5,10,14-15H,6-9H2,1-2H3. The van der Waals surface area contributed by atoms with Gasteiger partial charge in [-0.3, -0.25) is 4.98 Å². The number of halogens is 1. The highest BCUT2D eigenvalue weighted by atomic mass is 79.9. The van der Waals surface area contributed by atoms with E-state index in [4.69, 9.17) is 0 Å². The van der Waals surface area contributed by atoms with Gasteiger partial charge in [-0.15, -0.1) is 0 Å².